The Morgan fingerprint density at radius 1 is 1.00 bits per heavy atom. The number of benzene rings is 2. The number of phenolic OH excluding ortho intramolecular Hbond substituents is 2. The van der Waals surface area contributed by atoms with Crippen molar-refractivity contribution in [3.63, 3.8) is 0 Å². The predicted octanol–water partition coefficient (Wildman–Crippen LogP) is 5.86. The van der Waals surface area contributed by atoms with Gasteiger partial charge < -0.3 is 49.6 Å². The average molecular weight is 859 g/mol. The summed E-state index contributed by atoms with van der Waals surface area (Å²) in [6, 6.07) is 3.64. The number of allylic oxidation sites excluding steroid dienone is 2. The lowest BCUT2D eigenvalue weighted by Gasteiger charge is -2.38. The van der Waals surface area contributed by atoms with Gasteiger partial charge in [-0.05, 0) is 44.5 Å². The largest absolute Gasteiger partial charge is 0.507 e. The Bertz CT molecular complexity index is 2490. The molecule has 2 aliphatic rings. The minimum Gasteiger partial charge on any atom is -0.507 e. The van der Waals surface area contributed by atoms with Crippen molar-refractivity contribution in [2.24, 2.45) is 23.7 Å². The molecule has 0 fully saturated rings. The van der Waals surface area contributed by atoms with E-state index in [9.17, 15) is 39.6 Å². The van der Waals surface area contributed by atoms with Crippen LogP contribution in [0, 0.1) is 37.5 Å². The normalized spacial score (nSPS) is 28.9. The zero-order valence-corrected chi connectivity index (χ0v) is 37.2. The Balaban J connectivity index is 0.00000137. The van der Waals surface area contributed by atoms with Gasteiger partial charge in [-0.1, -0.05) is 45.9 Å². The zero-order valence-electron chi connectivity index (χ0n) is 37.2. The van der Waals surface area contributed by atoms with E-state index in [1.54, 1.807) is 77.5 Å². The van der Waals surface area contributed by atoms with Gasteiger partial charge >= 0.3 is 11.8 Å². The summed E-state index contributed by atoms with van der Waals surface area (Å²) in [5.74, 6) is -6.96. The number of aromatic nitrogens is 2. The summed E-state index contributed by atoms with van der Waals surface area (Å²) in [5.41, 5.74) is 2.18. The molecule has 0 aliphatic carbocycles. The Kier molecular flexibility index (Phi) is 14.1. The van der Waals surface area contributed by atoms with E-state index < -0.39 is 77.3 Å². The Morgan fingerprint density at radius 3 is 2.27 bits per heavy atom. The van der Waals surface area contributed by atoms with Crippen LogP contribution in [0.2, 0.25) is 0 Å². The third-order valence-electron chi connectivity index (χ3n) is 11.7. The van der Waals surface area contributed by atoms with Crippen molar-refractivity contribution in [2.45, 2.75) is 92.5 Å². The van der Waals surface area contributed by atoms with E-state index in [1.165, 1.54) is 45.1 Å². The minimum absolute atomic E-state index is 0.0185. The molecule has 0 saturated heterocycles. The number of nitrogens with one attached hydrogen (secondary N) is 1. The third kappa shape index (κ3) is 8.85. The summed E-state index contributed by atoms with van der Waals surface area (Å²) < 4.78 is 25.5. The number of aromatic hydroxyl groups is 2. The van der Waals surface area contributed by atoms with Gasteiger partial charge in [0.2, 0.25) is 6.41 Å². The molecule has 4 aromatic rings. The molecule has 2 aliphatic heterocycles. The second-order valence-electron chi connectivity index (χ2n) is 16.7. The first-order chi connectivity index (χ1) is 29.1. The molecule has 4 heterocycles. The Labute approximate surface area is 360 Å². The second kappa shape index (κ2) is 18.6. The number of hydrogen-bond donors (Lipinski definition) is 5. The smallest absolute Gasteiger partial charge is 0.312 e. The van der Waals surface area contributed by atoms with Crippen molar-refractivity contribution >= 4 is 57.2 Å². The highest BCUT2D eigenvalue weighted by Crippen LogP contribution is 2.54. The molecule has 0 radical (unpaired) electrons. The van der Waals surface area contributed by atoms with Crippen LogP contribution in [0.3, 0.4) is 0 Å². The number of ether oxygens (including phenoxy) is 4. The maximum absolute atomic E-state index is 14.6. The molecule has 0 unspecified atom stereocenters. The molecule has 5 N–H and O–H groups in total. The number of carbonyl (C=O) groups excluding carboxylic acids is 4. The first-order valence-corrected chi connectivity index (χ1v) is 20.3. The number of methoxy groups -OCH3 is 1. The van der Waals surface area contributed by atoms with E-state index in [0.717, 1.165) is 12.0 Å². The van der Waals surface area contributed by atoms with Crippen molar-refractivity contribution in [1.29, 1.82) is 0 Å². The van der Waals surface area contributed by atoms with Gasteiger partial charge in [0.05, 0.1) is 35.5 Å². The number of carbonyl (C=O) groups is 4. The van der Waals surface area contributed by atoms with Crippen LogP contribution in [0.4, 0.5) is 5.69 Å². The van der Waals surface area contributed by atoms with Gasteiger partial charge in [-0.3, -0.25) is 23.6 Å². The number of phenols is 2. The van der Waals surface area contributed by atoms with Crippen molar-refractivity contribution in [3.05, 3.63) is 71.2 Å². The number of hydrogen-bond acceptors (Lipinski definition) is 13. The minimum atomic E-state index is -1.96. The van der Waals surface area contributed by atoms with Crippen LogP contribution in [0.15, 0.2) is 54.5 Å². The fourth-order valence-electron chi connectivity index (χ4n) is 8.03. The molecule has 0 saturated carbocycles. The summed E-state index contributed by atoms with van der Waals surface area (Å²) in [5, 5.41) is 49.4. The molecule has 6 rings (SSSR count). The van der Waals surface area contributed by atoms with E-state index in [1.807, 2.05) is 19.1 Å². The highest BCUT2D eigenvalue weighted by Gasteiger charge is 2.50. The van der Waals surface area contributed by atoms with E-state index >= 15 is 0 Å². The molecule has 62 heavy (non-hydrogen) atoms. The lowest BCUT2D eigenvalue weighted by atomic mass is 9.78. The number of aliphatic hydroxyl groups is 2. The van der Waals surface area contributed by atoms with E-state index in [0.29, 0.717) is 5.65 Å². The first-order valence-electron chi connectivity index (χ1n) is 20.3. The fraction of sp³-hybridized carbons (Fsp3) is 0.457. The number of rotatable bonds is 3. The van der Waals surface area contributed by atoms with E-state index in [-0.39, 0.29) is 55.7 Å². The van der Waals surface area contributed by atoms with Crippen LogP contribution in [0.25, 0.3) is 27.5 Å². The van der Waals surface area contributed by atoms with Gasteiger partial charge in [-0.2, -0.15) is 0 Å². The van der Waals surface area contributed by atoms with Crippen molar-refractivity contribution in [3.8, 4) is 17.2 Å². The van der Waals surface area contributed by atoms with Crippen molar-refractivity contribution < 1.29 is 58.6 Å². The van der Waals surface area contributed by atoms with Gasteiger partial charge in [0.15, 0.2) is 5.75 Å². The lowest BCUT2D eigenvalue weighted by molar-refractivity contribution is -0.160. The standard InChI is InChI=1S/C43H51N3O11.C3H7NO/c1-19-14-16-46-28(18-19)44-32-29-30-37(50)25(7)40-31(29)41(52)43(9,57-40)55-17-15-27(54-10)22(4)39(56-26(8)47)24(6)36(49)23(5)35(48)20(2)12-11-13-21(3)42(53)45-33(34(32)46)38(30)51;1-4(2)3-5/h11-18,20,22-24,27,35-36,39,48-51H,1-10H3,(H,45,53);3H,1-2H3/b12-11+,17-15+,21-13-;/t20-,22+,23+,24+,27-,35-,36+,39+,43-;/m0./s1. The Morgan fingerprint density at radius 2 is 1.66 bits per heavy atom. The van der Waals surface area contributed by atoms with Crippen molar-refractivity contribution in [2.75, 3.05) is 26.5 Å². The Hall–Kier alpha value is -5.97. The number of nitrogens with zero attached hydrogens (tertiary/aromatic N) is 3. The van der Waals surface area contributed by atoms with E-state index in [4.69, 9.17) is 23.9 Å². The molecular formula is C46H58N4O12. The summed E-state index contributed by atoms with van der Waals surface area (Å²) in [6.07, 6.45) is 6.37. The quantitative estimate of drug-likeness (QED) is 0.0928. The molecule has 16 heteroatoms. The number of ketones is 1. The molecule has 4 bridgehead atoms. The summed E-state index contributed by atoms with van der Waals surface area (Å²) in [7, 11) is 4.83. The highest BCUT2D eigenvalue weighted by molar-refractivity contribution is 6.28. The first kappa shape index (κ1) is 47.1. The molecule has 2 aromatic carbocycles. The van der Waals surface area contributed by atoms with E-state index in [2.05, 4.69) is 5.32 Å². The number of aryl methyl sites for hydroxylation is 1. The molecular weight excluding hydrogens is 801 g/mol. The van der Waals surface area contributed by atoms with Gasteiger partial charge in [0, 0.05) is 81.4 Å². The van der Waals surface area contributed by atoms with Gasteiger partial charge in [-0.15, -0.1) is 0 Å². The maximum Gasteiger partial charge on any atom is 0.312 e. The molecule has 16 nitrogen and oxygen atoms in total. The number of amides is 2. The molecule has 2 amide bonds. The summed E-state index contributed by atoms with van der Waals surface area (Å²) >= 11 is 0. The molecule has 0 spiro atoms. The number of fused-ring (bicyclic) bond motifs is 2. The summed E-state index contributed by atoms with van der Waals surface area (Å²) in [4.78, 5) is 56.4. The van der Waals surface area contributed by atoms with Gasteiger partial charge in [-0.25, -0.2) is 4.98 Å². The van der Waals surface area contributed by atoms with Crippen LogP contribution >= 0.6 is 0 Å². The highest BCUT2D eigenvalue weighted by atomic mass is 16.7. The number of aliphatic hydroxyl groups excluding tert-OH is 2. The third-order valence-corrected chi connectivity index (χ3v) is 11.7. The van der Waals surface area contributed by atoms with Gasteiger partial charge in [0.1, 0.15) is 40.0 Å². The van der Waals surface area contributed by atoms with Crippen LogP contribution < -0.4 is 10.1 Å². The van der Waals surface area contributed by atoms with Crippen LogP contribution in [-0.4, -0.2) is 110 Å². The van der Waals surface area contributed by atoms with Crippen molar-refractivity contribution in [1.82, 2.24) is 14.3 Å². The predicted molar refractivity (Wildman–Crippen MR) is 233 cm³/mol. The zero-order chi connectivity index (χ0) is 46.1. The van der Waals surface area contributed by atoms with Crippen LogP contribution in [0.1, 0.15) is 70.0 Å². The SMILES string of the molecule is CN(C)C=O.CO[C@H]1/C=C/O[C@@]2(C)Oc3c(C)c(O)c4c(O)c(c5c(nc6cc(C)ccn65)c4c3C2=O)NC(=O)/C(C)=C\C=C\[C@H](C)[C@H](O)[C@@H](C)[C@@H](O)[C@@H](C)[C@H](OC(C)=O)[C@@H]1C. The lowest BCUT2D eigenvalue weighted by Crippen LogP contribution is -2.46. The van der Waals surface area contributed by atoms with Crippen LogP contribution in [0.5, 0.6) is 17.2 Å². The average Bonchev–Trinajstić information content (AvgIpc) is 3.73. The number of pyridine rings is 1. The van der Waals surface area contributed by atoms with Gasteiger partial charge in [0.25, 0.3) is 11.7 Å². The number of imidazole rings is 1. The number of Topliss-reactive ketones (excluding diaryl/α,β-unsaturated/α-hetero) is 1. The summed E-state index contributed by atoms with van der Waals surface area (Å²) in [6.45, 7) is 14.7. The number of esters is 1. The fourth-order valence-corrected chi connectivity index (χ4v) is 8.03. The molecule has 9 atom stereocenters. The second-order valence-corrected chi connectivity index (χ2v) is 16.7. The monoisotopic (exact) mass is 858 g/mol. The topological polar surface area (TPSA) is 219 Å². The maximum atomic E-state index is 14.6. The molecule has 2 aromatic heterocycles. The number of anilines is 1. The molecule has 334 valence electrons. The van der Waals surface area contributed by atoms with Crippen LogP contribution in [-0.2, 0) is 28.6 Å².